The van der Waals surface area contributed by atoms with Gasteiger partial charge in [0.1, 0.15) is 72.0 Å². The van der Waals surface area contributed by atoms with E-state index in [0.29, 0.717) is 63.8 Å². The Balaban J connectivity index is 0. The van der Waals surface area contributed by atoms with E-state index in [-0.39, 0.29) is 58.8 Å². The maximum Gasteiger partial charge on any atom is 2.00 e. The molecule has 3 atom stereocenters. The van der Waals surface area contributed by atoms with E-state index in [4.69, 9.17) is 0 Å². The second-order valence-corrected chi connectivity index (χ2v) is 7.66. The Labute approximate surface area is 202 Å². The van der Waals surface area contributed by atoms with Crippen LogP contribution in [-0.4, -0.2) is 140 Å². The molecule has 0 aliphatic carbocycles. The van der Waals surface area contributed by atoms with Gasteiger partial charge in [0.05, 0.1) is 24.5 Å². The monoisotopic (exact) mass is 445 g/mol. The third-order valence-corrected chi connectivity index (χ3v) is 5.09. The normalized spacial score (nSPS) is 27.5. The summed E-state index contributed by atoms with van der Waals surface area (Å²) < 4.78 is 0. The van der Waals surface area contributed by atoms with Crippen molar-refractivity contribution in [3.8, 4) is 0 Å². The number of hydrogen-bond acceptors (Lipinski definition) is 7. The van der Waals surface area contributed by atoms with Crippen LogP contribution in [0, 0.1) is 0 Å². The summed E-state index contributed by atoms with van der Waals surface area (Å²) in [4.78, 5) is 36.4. The van der Waals surface area contributed by atoms with E-state index < -0.39 is 24.0 Å². The Morgan fingerprint density at radius 3 is 1.14 bits per heavy atom. The quantitative estimate of drug-likeness (QED) is 0.270. The van der Waals surface area contributed by atoms with Crippen LogP contribution in [0.5, 0.6) is 0 Å². The van der Waals surface area contributed by atoms with Gasteiger partial charge in [-0.05, 0) is 0 Å². The number of carbonyl (C=O) groups is 3. The molecule has 3 unspecified atom stereocenters. The number of hydrogen-bond donors (Lipinski definition) is 4. The molecule has 1 saturated heterocycles. The van der Waals surface area contributed by atoms with Gasteiger partial charge in [-0.1, -0.05) is 13.0 Å². The van der Waals surface area contributed by atoms with Gasteiger partial charge in [-0.3, -0.25) is 0 Å². The fraction of sp³-hybridized carbons (Fsp3) is 0.824. The van der Waals surface area contributed by atoms with E-state index in [1.54, 1.807) is 6.92 Å². The molecule has 1 rings (SSSR count). The summed E-state index contributed by atoms with van der Waals surface area (Å²) >= 11 is 0. The molecule has 4 N–H and O–H groups in total. The fourth-order valence-electron chi connectivity index (χ4n) is 3.67. The molecule has 0 aromatic rings. The average Bonchev–Trinajstić information content (AvgIpc) is 2.55. The van der Waals surface area contributed by atoms with Gasteiger partial charge >= 0.3 is 39.2 Å². The summed E-state index contributed by atoms with van der Waals surface area (Å²) in [5, 5.41) is 44.7. The first-order valence-electron chi connectivity index (χ1n) is 9.75. The SMILES string of the molecule is CC([O-])C[NH+]1CC[NH+](CC(=O)[O-])CC[NH+](CC(=O)[O-])CC[NH+](CC(=O)[O-])CC1.[Ca+2].[H+]. The number of nitrogens with one attached hydrogen (secondary N) is 4. The zero-order valence-electron chi connectivity index (χ0n) is 18.1. The summed E-state index contributed by atoms with van der Waals surface area (Å²) in [6.07, 6.45) is -0.778. The minimum atomic E-state index is -1.20. The van der Waals surface area contributed by atoms with E-state index >= 15 is 0 Å². The Kier molecular flexibility index (Phi) is 15.0. The number of quaternary nitrogens is 4. The minimum absolute atomic E-state index is 0. The molecule has 0 radical (unpaired) electrons. The molecule has 162 valence electrons. The molecule has 0 bridgehead atoms. The summed E-state index contributed by atoms with van der Waals surface area (Å²) in [6, 6.07) is 0. The summed E-state index contributed by atoms with van der Waals surface area (Å²) in [7, 11) is 0. The van der Waals surface area contributed by atoms with Crippen molar-refractivity contribution < 1.29 is 55.8 Å². The van der Waals surface area contributed by atoms with Gasteiger partial charge in [-0.25, -0.2) is 0 Å². The Morgan fingerprint density at radius 1 is 0.690 bits per heavy atom. The molecule has 1 fully saturated rings. The molecule has 0 aromatic heterocycles. The van der Waals surface area contributed by atoms with Crippen molar-refractivity contribution in [2.45, 2.75) is 13.0 Å². The van der Waals surface area contributed by atoms with E-state index in [0.717, 1.165) is 14.7 Å². The number of rotatable bonds is 8. The Bertz CT molecular complexity index is 498. The third kappa shape index (κ3) is 14.2. The van der Waals surface area contributed by atoms with Crippen LogP contribution in [0.4, 0.5) is 0 Å². The Hall–Kier alpha value is -0.530. The van der Waals surface area contributed by atoms with E-state index in [1.807, 2.05) is 0 Å². The van der Waals surface area contributed by atoms with Crippen LogP contribution in [0.2, 0.25) is 0 Å². The van der Waals surface area contributed by atoms with Crippen molar-refractivity contribution in [3.63, 3.8) is 0 Å². The van der Waals surface area contributed by atoms with Crippen molar-refractivity contribution in [1.29, 1.82) is 0 Å². The van der Waals surface area contributed by atoms with Gasteiger partial charge in [0, 0.05) is 0 Å². The van der Waals surface area contributed by atoms with Crippen molar-refractivity contribution in [3.05, 3.63) is 0 Å². The van der Waals surface area contributed by atoms with Crippen molar-refractivity contribution in [1.82, 2.24) is 0 Å². The van der Waals surface area contributed by atoms with Gasteiger partial charge in [0.2, 0.25) is 0 Å². The molecule has 12 heteroatoms. The molecular weight excluding hydrogens is 412 g/mol. The zero-order chi connectivity index (χ0) is 21.1. The molecule has 0 spiro atoms. The standard InChI is InChI=1S/C17H31N4O7.Ca/c1-14(22)10-18-2-4-19(11-15(23)24)6-8-21(13-17(27)28)9-7-20(5-3-18)12-16(25)26;/h14H,2-13H2,1H3,(H,23,24)(H,25,26)(H,27,28);/q-1;+2/p+2. The molecule has 11 nitrogen and oxygen atoms in total. The van der Waals surface area contributed by atoms with Crippen molar-refractivity contribution in [2.24, 2.45) is 0 Å². The van der Waals surface area contributed by atoms with Gasteiger partial charge < -0.3 is 54.4 Å². The molecule has 1 aliphatic heterocycles. The van der Waals surface area contributed by atoms with Crippen molar-refractivity contribution >= 4 is 55.6 Å². The molecule has 1 heterocycles. The number of carbonyl (C=O) groups excluding carboxylic acids is 3. The minimum Gasteiger partial charge on any atom is -0.848 e. The largest absolute Gasteiger partial charge is 2.00 e. The summed E-state index contributed by atoms with van der Waals surface area (Å²) in [5.74, 6) is -3.55. The van der Waals surface area contributed by atoms with Gasteiger partial charge in [-0.15, -0.1) is 0 Å². The van der Waals surface area contributed by atoms with Crippen LogP contribution >= 0.6 is 0 Å². The van der Waals surface area contributed by atoms with Crippen molar-refractivity contribution in [2.75, 3.05) is 78.5 Å². The predicted molar refractivity (Wildman–Crippen MR) is 93.6 cm³/mol. The summed E-state index contributed by atoms with van der Waals surface area (Å²) in [6.45, 7) is 5.23. The molecule has 0 saturated carbocycles. The smallest absolute Gasteiger partial charge is 0.848 e. The van der Waals surface area contributed by atoms with Crippen LogP contribution in [-0.2, 0) is 14.4 Å². The van der Waals surface area contributed by atoms with Gasteiger partial charge in [-0.2, -0.15) is 0 Å². The number of carboxylic acids is 3. The first-order valence-corrected chi connectivity index (χ1v) is 9.75. The zero-order valence-corrected chi connectivity index (χ0v) is 19.3. The third-order valence-electron chi connectivity index (χ3n) is 5.09. The predicted octanol–water partition coefficient (Wildman–Crippen LogP) is -12.7. The van der Waals surface area contributed by atoms with E-state index in [9.17, 15) is 34.8 Å². The average molecular weight is 446 g/mol. The first kappa shape index (κ1) is 28.5. The maximum atomic E-state index is 11.6. The molecule has 0 amide bonds. The van der Waals surface area contributed by atoms with E-state index in [1.165, 1.54) is 0 Å². The molecule has 0 aromatic carbocycles. The van der Waals surface area contributed by atoms with Crippen LogP contribution in [0.15, 0.2) is 0 Å². The second-order valence-electron chi connectivity index (χ2n) is 7.66. The Morgan fingerprint density at radius 2 is 0.931 bits per heavy atom. The first-order chi connectivity index (χ1) is 13.2. The van der Waals surface area contributed by atoms with Crippen LogP contribution in [0.25, 0.3) is 0 Å². The summed E-state index contributed by atoms with van der Waals surface area (Å²) in [5.41, 5.74) is 0. The van der Waals surface area contributed by atoms with Crippen LogP contribution in [0.1, 0.15) is 8.35 Å². The molecule has 29 heavy (non-hydrogen) atoms. The number of aliphatic carboxylic acids is 3. The second kappa shape index (κ2) is 15.3. The van der Waals surface area contributed by atoms with Crippen LogP contribution < -0.4 is 40.0 Å². The molecule has 1 aliphatic rings. The maximum absolute atomic E-state index is 11.6. The molecular formula is C17H33CaN4O7+3. The van der Waals surface area contributed by atoms with E-state index in [2.05, 4.69) is 0 Å². The fourth-order valence-corrected chi connectivity index (χ4v) is 3.67. The van der Waals surface area contributed by atoms with Gasteiger partial charge in [0.15, 0.2) is 0 Å². The number of carboxylic acid groups (broad SMARTS) is 3. The topological polar surface area (TPSA) is 161 Å². The van der Waals surface area contributed by atoms with Gasteiger partial charge in [0.25, 0.3) is 0 Å². The van der Waals surface area contributed by atoms with Crippen LogP contribution in [0.3, 0.4) is 0 Å².